The molecule has 1 saturated heterocycles. The summed E-state index contributed by atoms with van der Waals surface area (Å²) in [6.45, 7) is 7.67. The van der Waals surface area contributed by atoms with Crippen LogP contribution in [0.2, 0.25) is 0 Å². The van der Waals surface area contributed by atoms with Crippen molar-refractivity contribution in [2.24, 2.45) is 5.73 Å². The van der Waals surface area contributed by atoms with Crippen LogP contribution in [0.25, 0.3) is 0 Å². The summed E-state index contributed by atoms with van der Waals surface area (Å²) < 4.78 is 0. The van der Waals surface area contributed by atoms with Gasteiger partial charge >= 0.3 is 0 Å². The Hall–Kier alpha value is -0.860. The van der Waals surface area contributed by atoms with Gasteiger partial charge in [-0.15, -0.1) is 0 Å². The van der Waals surface area contributed by atoms with Gasteiger partial charge in [0.25, 0.3) is 0 Å². The molecule has 1 fully saturated rings. The number of rotatable bonds is 3. The van der Waals surface area contributed by atoms with Crippen molar-refractivity contribution < 1.29 is 0 Å². The minimum atomic E-state index is 0.294. The lowest BCUT2D eigenvalue weighted by atomic mass is 9.79. The van der Waals surface area contributed by atoms with E-state index in [2.05, 4.69) is 44.3 Å². The summed E-state index contributed by atoms with van der Waals surface area (Å²) in [5, 5.41) is 3.64. The lowest BCUT2D eigenvalue weighted by Crippen LogP contribution is -2.49. The van der Waals surface area contributed by atoms with Gasteiger partial charge in [-0.3, -0.25) is 0 Å². The Morgan fingerprint density at radius 3 is 2.83 bits per heavy atom. The molecule has 1 aromatic rings. The summed E-state index contributed by atoms with van der Waals surface area (Å²) in [7, 11) is 0. The highest BCUT2D eigenvalue weighted by molar-refractivity contribution is 5.37. The van der Waals surface area contributed by atoms with Crippen LogP contribution in [0.15, 0.2) is 18.2 Å². The molecule has 1 aliphatic heterocycles. The van der Waals surface area contributed by atoms with Gasteiger partial charge in [-0.25, -0.2) is 0 Å². The second-order valence-electron chi connectivity index (χ2n) is 5.69. The Balaban J connectivity index is 2.29. The summed E-state index contributed by atoms with van der Waals surface area (Å²) in [4.78, 5) is 0. The molecule has 0 radical (unpaired) electrons. The number of nitrogens with one attached hydrogen (secondary N) is 1. The van der Waals surface area contributed by atoms with E-state index in [1.807, 2.05) is 0 Å². The molecule has 3 N–H and O–H groups in total. The van der Waals surface area contributed by atoms with E-state index in [4.69, 9.17) is 5.73 Å². The van der Waals surface area contributed by atoms with Crippen molar-refractivity contribution in [2.75, 3.05) is 6.54 Å². The van der Waals surface area contributed by atoms with E-state index in [-0.39, 0.29) is 0 Å². The molecule has 100 valence electrons. The molecule has 0 saturated carbocycles. The largest absolute Gasteiger partial charge is 0.327 e. The Bertz CT molecular complexity index is 400. The van der Waals surface area contributed by atoms with Crippen LogP contribution in [0.1, 0.15) is 48.8 Å². The molecule has 0 spiro atoms. The lowest BCUT2D eigenvalue weighted by Gasteiger charge is -2.37. The maximum Gasteiger partial charge on any atom is 0.0171 e. The van der Waals surface area contributed by atoms with Gasteiger partial charge in [0.05, 0.1) is 0 Å². The fourth-order valence-corrected chi connectivity index (χ4v) is 3.15. The molecule has 2 heteroatoms. The predicted octanol–water partition coefficient (Wildman–Crippen LogP) is 2.88. The first-order valence-corrected chi connectivity index (χ1v) is 7.18. The average molecular weight is 246 g/mol. The van der Waals surface area contributed by atoms with Gasteiger partial charge in [-0.05, 0) is 43.4 Å². The molecule has 1 aliphatic rings. The van der Waals surface area contributed by atoms with Gasteiger partial charge in [0, 0.05) is 24.5 Å². The number of nitrogens with two attached hydrogens (primary N) is 1. The number of piperidine rings is 1. The van der Waals surface area contributed by atoms with Crippen molar-refractivity contribution in [3.05, 3.63) is 34.9 Å². The van der Waals surface area contributed by atoms with Crippen LogP contribution in [0.3, 0.4) is 0 Å². The number of hydrogen-bond acceptors (Lipinski definition) is 2. The third-order valence-corrected chi connectivity index (χ3v) is 4.33. The second-order valence-corrected chi connectivity index (χ2v) is 5.69. The van der Waals surface area contributed by atoms with Gasteiger partial charge < -0.3 is 11.1 Å². The van der Waals surface area contributed by atoms with Crippen LogP contribution in [0, 0.1) is 13.8 Å². The smallest absolute Gasteiger partial charge is 0.0171 e. The van der Waals surface area contributed by atoms with E-state index in [9.17, 15) is 0 Å². The summed E-state index contributed by atoms with van der Waals surface area (Å²) in [5.41, 5.74) is 10.5. The maximum atomic E-state index is 6.15. The normalized spacial score (nSPS) is 28.3. The predicted molar refractivity (Wildman–Crippen MR) is 77.9 cm³/mol. The number of aryl methyl sites for hydroxylation is 1. The molecule has 0 amide bonds. The van der Waals surface area contributed by atoms with E-state index in [1.165, 1.54) is 29.5 Å². The topological polar surface area (TPSA) is 38.0 Å². The fourth-order valence-electron chi connectivity index (χ4n) is 3.15. The SMILES string of the molecule is CCCC1NCC(N)CC1c1cccc(C)c1C. The van der Waals surface area contributed by atoms with Crippen LogP contribution in [0.5, 0.6) is 0 Å². The van der Waals surface area contributed by atoms with Crippen molar-refractivity contribution in [2.45, 2.75) is 58.0 Å². The zero-order valence-corrected chi connectivity index (χ0v) is 11.9. The van der Waals surface area contributed by atoms with Gasteiger partial charge in [-0.1, -0.05) is 31.5 Å². The van der Waals surface area contributed by atoms with Crippen LogP contribution < -0.4 is 11.1 Å². The lowest BCUT2D eigenvalue weighted by molar-refractivity contribution is 0.305. The third kappa shape index (κ3) is 2.76. The highest BCUT2D eigenvalue weighted by Gasteiger charge is 2.30. The standard InChI is InChI=1S/C16H26N2/c1-4-6-16-15(9-13(17)10-18-16)14-8-5-7-11(2)12(14)3/h5,7-8,13,15-16,18H,4,6,9-10,17H2,1-3H3. The first-order valence-electron chi connectivity index (χ1n) is 7.18. The molecule has 0 aliphatic carbocycles. The van der Waals surface area contributed by atoms with E-state index in [0.29, 0.717) is 18.0 Å². The van der Waals surface area contributed by atoms with Gasteiger partial charge in [0.15, 0.2) is 0 Å². The summed E-state index contributed by atoms with van der Waals surface area (Å²) in [6.07, 6.45) is 3.58. The zero-order valence-electron chi connectivity index (χ0n) is 11.9. The van der Waals surface area contributed by atoms with Gasteiger partial charge in [0.1, 0.15) is 0 Å². The van der Waals surface area contributed by atoms with E-state index < -0.39 is 0 Å². The molecule has 2 nitrogen and oxygen atoms in total. The third-order valence-electron chi connectivity index (χ3n) is 4.33. The molecule has 2 rings (SSSR count). The average Bonchev–Trinajstić information content (AvgIpc) is 2.35. The molecule has 0 aromatic heterocycles. The fraction of sp³-hybridized carbons (Fsp3) is 0.625. The zero-order chi connectivity index (χ0) is 13.1. The van der Waals surface area contributed by atoms with Crippen molar-refractivity contribution >= 4 is 0 Å². The van der Waals surface area contributed by atoms with Crippen molar-refractivity contribution in [3.63, 3.8) is 0 Å². The minimum Gasteiger partial charge on any atom is -0.327 e. The summed E-state index contributed by atoms with van der Waals surface area (Å²) in [6, 6.07) is 7.55. The van der Waals surface area contributed by atoms with Gasteiger partial charge in [-0.2, -0.15) is 0 Å². The quantitative estimate of drug-likeness (QED) is 0.860. The molecular formula is C16H26N2. The second kappa shape index (κ2) is 5.85. The monoisotopic (exact) mass is 246 g/mol. The number of benzene rings is 1. The Morgan fingerprint density at radius 1 is 1.33 bits per heavy atom. The Morgan fingerprint density at radius 2 is 2.11 bits per heavy atom. The van der Waals surface area contributed by atoms with Crippen LogP contribution in [0.4, 0.5) is 0 Å². The van der Waals surface area contributed by atoms with Crippen LogP contribution in [-0.2, 0) is 0 Å². The van der Waals surface area contributed by atoms with E-state index in [0.717, 1.165) is 13.0 Å². The first kappa shape index (κ1) is 13.6. The molecule has 3 unspecified atom stereocenters. The summed E-state index contributed by atoms with van der Waals surface area (Å²) >= 11 is 0. The number of hydrogen-bond donors (Lipinski definition) is 2. The molecule has 18 heavy (non-hydrogen) atoms. The summed E-state index contributed by atoms with van der Waals surface area (Å²) in [5.74, 6) is 0.577. The van der Waals surface area contributed by atoms with Gasteiger partial charge in [0.2, 0.25) is 0 Å². The van der Waals surface area contributed by atoms with E-state index >= 15 is 0 Å². The minimum absolute atomic E-state index is 0.294. The maximum absolute atomic E-state index is 6.15. The Kier molecular flexibility index (Phi) is 4.41. The molecule has 1 aromatic carbocycles. The molecule has 1 heterocycles. The van der Waals surface area contributed by atoms with Crippen LogP contribution >= 0.6 is 0 Å². The van der Waals surface area contributed by atoms with Crippen molar-refractivity contribution in [1.29, 1.82) is 0 Å². The highest BCUT2D eigenvalue weighted by atomic mass is 15.0. The molecule has 0 bridgehead atoms. The van der Waals surface area contributed by atoms with Crippen molar-refractivity contribution in [3.8, 4) is 0 Å². The Labute approximate surface area is 111 Å². The van der Waals surface area contributed by atoms with Crippen molar-refractivity contribution in [1.82, 2.24) is 5.32 Å². The molecule has 3 atom stereocenters. The highest BCUT2D eigenvalue weighted by Crippen LogP contribution is 2.32. The molecular weight excluding hydrogens is 220 g/mol. The van der Waals surface area contributed by atoms with E-state index in [1.54, 1.807) is 0 Å². The first-order chi connectivity index (χ1) is 8.63. The van der Waals surface area contributed by atoms with Crippen LogP contribution in [-0.4, -0.2) is 18.6 Å².